The first kappa shape index (κ1) is 22.7. The number of rotatable bonds is 7. The minimum atomic E-state index is -0.478. The second kappa shape index (κ2) is 10.4. The molecule has 2 aromatic rings. The minimum Gasteiger partial charge on any atom is -0.481 e. The van der Waals surface area contributed by atoms with Gasteiger partial charge in [-0.2, -0.15) is 0 Å². The number of piperidine rings is 1. The predicted octanol–water partition coefficient (Wildman–Crippen LogP) is 5.84. The average molecular weight is 435 g/mol. The highest BCUT2D eigenvalue weighted by molar-refractivity contribution is 5.81. The van der Waals surface area contributed by atoms with Gasteiger partial charge in [0, 0.05) is 18.8 Å². The summed E-state index contributed by atoms with van der Waals surface area (Å²) in [7, 11) is 0. The van der Waals surface area contributed by atoms with E-state index in [9.17, 15) is 4.79 Å². The van der Waals surface area contributed by atoms with Gasteiger partial charge in [0.05, 0.1) is 6.04 Å². The van der Waals surface area contributed by atoms with Gasteiger partial charge in [-0.3, -0.25) is 4.79 Å². The normalized spacial score (nSPS) is 18.5. The van der Waals surface area contributed by atoms with E-state index in [-0.39, 0.29) is 11.9 Å². The average Bonchev–Trinajstić information content (AvgIpc) is 2.83. The van der Waals surface area contributed by atoms with Gasteiger partial charge in [0.15, 0.2) is 6.10 Å². The van der Waals surface area contributed by atoms with Crippen molar-refractivity contribution in [2.45, 2.75) is 77.9 Å². The lowest BCUT2D eigenvalue weighted by molar-refractivity contribution is -0.128. The third-order valence-corrected chi connectivity index (χ3v) is 7.16. The van der Waals surface area contributed by atoms with Crippen molar-refractivity contribution in [1.82, 2.24) is 5.32 Å². The second-order valence-electron chi connectivity index (χ2n) is 9.64. The van der Waals surface area contributed by atoms with E-state index in [1.807, 2.05) is 19.9 Å². The fourth-order valence-corrected chi connectivity index (χ4v) is 4.90. The molecule has 4 rings (SSSR count). The van der Waals surface area contributed by atoms with Gasteiger partial charge in [-0.05, 0) is 98.7 Å². The van der Waals surface area contributed by atoms with E-state index in [1.165, 1.54) is 42.5 Å². The molecule has 4 heteroatoms. The number of anilines is 1. The van der Waals surface area contributed by atoms with Crippen molar-refractivity contribution in [3.63, 3.8) is 0 Å². The standard InChI is InChI=1S/C28H38N2O2/c1-4-27(32-26-14-11-23-7-5-6-8-24(23)19-26)28(31)29-21(3)22-9-12-25(13-10-22)30-17-15-20(2)16-18-30/h9-14,19-21,27H,4-8,15-18H2,1-3H3,(H,29,31)/t21-,27-/m1/s1. The van der Waals surface area contributed by atoms with Crippen LogP contribution in [0.4, 0.5) is 5.69 Å². The van der Waals surface area contributed by atoms with Gasteiger partial charge >= 0.3 is 0 Å². The summed E-state index contributed by atoms with van der Waals surface area (Å²) in [6.45, 7) is 8.64. The summed E-state index contributed by atoms with van der Waals surface area (Å²) in [5.74, 6) is 1.59. The highest BCUT2D eigenvalue weighted by Crippen LogP contribution is 2.27. The lowest BCUT2D eigenvalue weighted by atomic mass is 9.92. The molecule has 2 aliphatic rings. The van der Waals surface area contributed by atoms with Crippen molar-refractivity contribution in [2.75, 3.05) is 18.0 Å². The Bertz CT molecular complexity index is 900. The molecule has 0 saturated carbocycles. The van der Waals surface area contributed by atoms with Crippen molar-refractivity contribution < 1.29 is 9.53 Å². The fourth-order valence-electron chi connectivity index (χ4n) is 4.90. The van der Waals surface area contributed by atoms with Crippen LogP contribution in [-0.2, 0) is 17.6 Å². The van der Waals surface area contributed by atoms with Crippen molar-refractivity contribution in [2.24, 2.45) is 5.92 Å². The van der Waals surface area contributed by atoms with Crippen LogP contribution in [0.1, 0.15) is 75.6 Å². The SMILES string of the molecule is CC[C@@H](Oc1ccc2c(c1)CCCC2)C(=O)N[C@H](C)c1ccc(N2CCC(C)CC2)cc1. The molecule has 1 aliphatic heterocycles. The number of hydrogen-bond acceptors (Lipinski definition) is 3. The van der Waals surface area contributed by atoms with Gasteiger partial charge in [0.2, 0.25) is 0 Å². The van der Waals surface area contributed by atoms with Crippen LogP contribution in [0.5, 0.6) is 5.75 Å². The number of hydrogen-bond donors (Lipinski definition) is 1. The molecule has 1 saturated heterocycles. The Kier molecular flexibility index (Phi) is 7.39. The van der Waals surface area contributed by atoms with Crippen molar-refractivity contribution >= 4 is 11.6 Å². The molecule has 32 heavy (non-hydrogen) atoms. The summed E-state index contributed by atoms with van der Waals surface area (Å²) in [5.41, 5.74) is 5.20. The quantitative estimate of drug-likeness (QED) is 0.595. The first-order valence-electron chi connectivity index (χ1n) is 12.5. The number of carbonyl (C=O) groups is 1. The van der Waals surface area contributed by atoms with Gasteiger partial charge in [-0.25, -0.2) is 0 Å². The Morgan fingerprint density at radius 2 is 1.75 bits per heavy atom. The predicted molar refractivity (Wildman–Crippen MR) is 131 cm³/mol. The van der Waals surface area contributed by atoms with Crippen LogP contribution < -0.4 is 15.0 Å². The maximum absolute atomic E-state index is 13.0. The number of fused-ring (bicyclic) bond motifs is 1. The topological polar surface area (TPSA) is 41.6 Å². The lowest BCUT2D eigenvalue weighted by Crippen LogP contribution is -2.39. The van der Waals surface area contributed by atoms with E-state index in [1.54, 1.807) is 0 Å². The highest BCUT2D eigenvalue weighted by Gasteiger charge is 2.22. The van der Waals surface area contributed by atoms with Crippen molar-refractivity contribution in [3.8, 4) is 5.75 Å². The van der Waals surface area contributed by atoms with E-state index in [0.717, 1.165) is 43.2 Å². The van der Waals surface area contributed by atoms with Gasteiger partial charge in [0.25, 0.3) is 5.91 Å². The van der Waals surface area contributed by atoms with Crippen LogP contribution in [0.15, 0.2) is 42.5 Å². The Morgan fingerprint density at radius 3 is 2.44 bits per heavy atom. The Balaban J connectivity index is 1.34. The van der Waals surface area contributed by atoms with Gasteiger partial charge in [-0.15, -0.1) is 0 Å². The maximum Gasteiger partial charge on any atom is 0.261 e. The summed E-state index contributed by atoms with van der Waals surface area (Å²) < 4.78 is 6.12. The number of benzene rings is 2. The Hall–Kier alpha value is -2.49. The van der Waals surface area contributed by atoms with Crippen molar-refractivity contribution in [1.29, 1.82) is 0 Å². The Morgan fingerprint density at radius 1 is 1.06 bits per heavy atom. The van der Waals surface area contributed by atoms with E-state index in [4.69, 9.17) is 4.74 Å². The number of nitrogens with one attached hydrogen (secondary N) is 1. The smallest absolute Gasteiger partial charge is 0.261 e. The summed E-state index contributed by atoms with van der Waals surface area (Å²) >= 11 is 0. The molecule has 0 radical (unpaired) electrons. The lowest BCUT2D eigenvalue weighted by Gasteiger charge is -2.32. The molecule has 0 aromatic heterocycles. The summed E-state index contributed by atoms with van der Waals surface area (Å²) in [6, 6.07) is 14.9. The largest absolute Gasteiger partial charge is 0.481 e. The molecule has 4 nitrogen and oxygen atoms in total. The molecule has 172 valence electrons. The number of carbonyl (C=O) groups excluding carboxylic acids is 1. The first-order valence-corrected chi connectivity index (χ1v) is 12.5. The zero-order chi connectivity index (χ0) is 22.5. The molecular weight excluding hydrogens is 396 g/mol. The molecule has 0 unspecified atom stereocenters. The first-order chi connectivity index (χ1) is 15.5. The number of ether oxygens (including phenoxy) is 1. The zero-order valence-electron chi connectivity index (χ0n) is 19.9. The summed E-state index contributed by atoms with van der Waals surface area (Å²) in [4.78, 5) is 15.4. The van der Waals surface area contributed by atoms with E-state index in [0.29, 0.717) is 6.42 Å². The van der Waals surface area contributed by atoms with Crippen LogP contribution in [0.25, 0.3) is 0 Å². The van der Waals surface area contributed by atoms with Crippen LogP contribution >= 0.6 is 0 Å². The van der Waals surface area contributed by atoms with Gasteiger partial charge in [-0.1, -0.05) is 32.0 Å². The molecule has 1 fully saturated rings. The molecular formula is C28H38N2O2. The van der Waals surface area contributed by atoms with Crippen molar-refractivity contribution in [3.05, 3.63) is 59.2 Å². The zero-order valence-corrected chi connectivity index (χ0v) is 19.9. The molecule has 2 atom stereocenters. The summed E-state index contributed by atoms with van der Waals surface area (Å²) in [5, 5.41) is 3.16. The van der Waals surface area contributed by atoms with Crippen LogP contribution in [0.3, 0.4) is 0 Å². The van der Waals surface area contributed by atoms with Gasteiger partial charge < -0.3 is 15.0 Å². The molecule has 2 aromatic carbocycles. The fraction of sp³-hybridized carbons (Fsp3) is 0.536. The Labute approximate surface area is 193 Å². The molecule has 1 heterocycles. The molecule has 1 amide bonds. The van der Waals surface area contributed by atoms with Crippen LogP contribution in [-0.4, -0.2) is 25.1 Å². The monoisotopic (exact) mass is 434 g/mol. The second-order valence-corrected chi connectivity index (χ2v) is 9.64. The molecule has 0 bridgehead atoms. The molecule has 0 spiro atoms. The van der Waals surface area contributed by atoms with E-state index in [2.05, 4.69) is 53.5 Å². The van der Waals surface area contributed by atoms with Crippen LogP contribution in [0, 0.1) is 5.92 Å². The highest BCUT2D eigenvalue weighted by atomic mass is 16.5. The molecule has 1 aliphatic carbocycles. The number of amides is 1. The van der Waals surface area contributed by atoms with Gasteiger partial charge in [0.1, 0.15) is 5.75 Å². The van der Waals surface area contributed by atoms with Crippen LogP contribution in [0.2, 0.25) is 0 Å². The van der Waals surface area contributed by atoms with E-state index < -0.39 is 6.10 Å². The minimum absolute atomic E-state index is 0.0492. The number of nitrogens with zero attached hydrogens (tertiary/aromatic N) is 1. The summed E-state index contributed by atoms with van der Waals surface area (Å²) in [6.07, 6.45) is 7.45. The third-order valence-electron chi connectivity index (χ3n) is 7.16. The maximum atomic E-state index is 13.0. The molecule has 1 N–H and O–H groups in total. The number of aryl methyl sites for hydroxylation is 2. The van der Waals surface area contributed by atoms with E-state index >= 15 is 0 Å². The third kappa shape index (κ3) is 5.46.